The summed E-state index contributed by atoms with van der Waals surface area (Å²) in [5, 5.41) is 9.24. The van der Waals surface area contributed by atoms with Crippen molar-refractivity contribution in [3.63, 3.8) is 0 Å². The predicted molar refractivity (Wildman–Crippen MR) is 63.4 cm³/mol. The highest BCUT2D eigenvalue weighted by molar-refractivity contribution is 5.76. The summed E-state index contributed by atoms with van der Waals surface area (Å²) in [7, 11) is 2.07. The van der Waals surface area contributed by atoms with Crippen LogP contribution in [0.3, 0.4) is 0 Å². The van der Waals surface area contributed by atoms with E-state index in [0.29, 0.717) is 0 Å². The van der Waals surface area contributed by atoms with E-state index in [1.54, 1.807) is 0 Å². The molecule has 16 heavy (non-hydrogen) atoms. The number of hydrogen-bond acceptors (Lipinski definition) is 2. The average molecular weight is 225 g/mol. The van der Waals surface area contributed by atoms with Gasteiger partial charge in [0.1, 0.15) is 0 Å². The zero-order chi connectivity index (χ0) is 11.6. The van der Waals surface area contributed by atoms with Crippen molar-refractivity contribution in [1.29, 1.82) is 0 Å². The Labute approximate surface area is 97.8 Å². The summed E-state index contributed by atoms with van der Waals surface area (Å²) in [5.74, 6) is 0.332. The van der Waals surface area contributed by atoms with Crippen LogP contribution in [0, 0.1) is 11.3 Å². The molecule has 0 aliphatic heterocycles. The number of aliphatic carboxylic acids is 1. The Morgan fingerprint density at radius 1 is 1.38 bits per heavy atom. The number of carbonyl (C=O) groups is 1. The van der Waals surface area contributed by atoms with Gasteiger partial charge in [0.2, 0.25) is 0 Å². The summed E-state index contributed by atoms with van der Waals surface area (Å²) in [5.41, 5.74) is -0.408. The maximum absolute atomic E-state index is 11.2. The van der Waals surface area contributed by atoms with Crippen molar-refractivity contribution in [3.8, 4) is 0 Å². The van der Waals surface area contributed by atoms with Crippen LogP contribution in [0.1, 0.15) is 44.9 Å². The van der Waals surface area contributed by atoms with Crippen LogP contribution >= 0.6 is 0 Å². The lowest BCUT2D eigenvalue weighted by molar-refractivity contribution is -0.156. The molecule has 0 amide bonds. The van der Waals surface area contributed by atoms with Crippen molar-refractivity contribution >= 4 is 5.97 Å². The maximum Gasteiger partial charge on any atom is 0.310 e. The quantitative estimate of drug-likeness (QED) is 0.754. The molecular formula is C13H23NO2. The lowest BCUT2D eigenvalue weighted by atomic mass is 9.68. The highest BCUT2D eigenvalue weighted by atomic mass is 16.4. The van der Waals surface area contributed by atoms with Gasteiger partial charge in [0.25, 0.3) is 0 Å². The fraction of sp³-hybridized carbons (Fsp3) is 0.923. The Kier molecular flexibility index (Phi) is 3.53. The van der Waals surface area contributed by atoms with Gasteiger partial charge < -0.3 is 10.0 Å². The van der Waals surface area contributed by atoms with Gasteiger partial charge in [0.15, 0.2) is 0 Å². The van der Waals surface area contributed by atoms with E-state index in [-0.39, 0.29) is 0 Å². The number of rotatable bonds is 6. The molecule has 0 spiro atoms. The molecule has 0 saturated heterocycles. The van der Waals surface area contributed by atoms with Crippen molar-refractivity contribution < 1.29 is 9.90 Å². The summed E-state index contributed by atoms with van der Waals surface area (Å²) in [6.07, 6.45) is 8.25. The highest BCUT2D eigenvalue weighted by Gasteiger charge is 2.44. The Morgan fingerprint density at radius 3 is 2.44 bits per heavy atom. The van der Waals surface area contributed by atoms with E-state index in [4.69, 9.17) is 0 Å². The molecule has 2 fully saturated rings. The molecule has 3 heteroatoms. The molecule has 0 aromatic heterocycles. The molecule has 0 atom stereocenters. The Hall–Kier alpha value is -0.570. The predicted octanol–water partition coefficient (Wildman–Crippen LogP) is 2.36. The normalized spacial score (nSPS) is 23.9. The van der Waals surface area contributed by atoms with Gasteiger partial charge in [-0.15, -0.1) is 0 Å². The van der Waals surface area contributed by atoms with Crippen LogP contribution in [0.25, 0.3) is 0 Å². The van der Waals surface area contributed by atoms with Gasteiger partial charge in [0.05, 0.1) is 5.41 Å². The van der Waals surface area contributed by atoms with E-state index in [1.165, 1.54) is 25.7 Å². The van der Waals surface area contributed by atoms with E-state index in [0.717, 1.165) is 38.3 Å². The summed E-state index contributed by atoms with van der Waals surface area (Å²) >= 11 is 0. The SMILES string of the molecule is CN(CCC1CCC1)CC1(C(=O)O)CCC1. The van der Waals surface area contributed by atoms with E-state index >= 15 is 0 Å². The lowest BCUT2D eigenvalue weighted by Crippen LogP contribution is -2.47. The first-order valence-electron chi connectivity index (χ1n) is 6.54. The van der Waals surface area contributed by atoms with Gasteiger partial charge in [-0.2, -0.15) is 0 Å². The molecule has 2 aliphatic rings. The van der Waals surface area contributed by atoms with E-state index in [9.17, 15) is 9.90 Å². The fourth-order valence-electron chi connectivity index (χ4n) is 2.82. The van der Waals surface area contributed by atoms with Crippen LogP contribution in [-0.2, 0) is 4.79 Å². The fourth-order valence-corrected chi connectivity index (χ4v) is 2.82. The van der Waals surface area contributed by atoms with E-state index in [1.807, 2.05) is 0 Å². The Balaban J connectivity index is 1.72. The molecule has 92 valence electrons. The standard InChI is InChI=1S/C13H23NO2/c1-14(9-6-11-4-2-5-11)10-13(12(15)16)7-3-8-13/h11H,2-10H2,1H3,(H,15,16). The summed E-state index contributed by atoms with van der Waals surface area (Å²) in [6.45, 7) is 1.81. The van der Waals surface area contributed by atoms with Gasteiger partial charge in [-0.1, -0.05) is 25.7 Å². The minimum absolute atomic E-state index is 0.408. The van der Waals surface area contributed by atoms with Crippen LogP contribution < -0.4 is 0 Å². The summed E-state index contributed by atoms with van der Waals surface area (Å²) in [4.78, 5) is 13.4. The zero-order valence-corrected chi connectivity index (χ0v) is 10.2. The monoisotopic (exact) mass is 225 g/mol. The molecular weight excluding hydrogens is 202 g/mol. The summed E-state index contributed by atoms with van der Waals surface area (Å²) in [6, 6.07) is 0. The van der Waals surface area contributed by atoms with Crippen LogP contribution in [0.4, 0.5) is 0 Å². The first-order valence-corrected chi connectivity index (χ1v) is 6.54. The molecule has 0 bridgehead atoms. The molecule has 3 nitrogen and oxygen atoms in total. The topological polar surface area (TPSA) is 40.5 Å². The molecule has 2 saturated carbocycles. The molecule has 0 unspecified atom stereocenters. The third kappa shape index (κ3) is 2.40. The van der Waals surface area contributed by atoms with Crippen LogP contribution in [0.5, 0.6) is 0 Å². The number of carboxylic acids is 1. The van der Waals surface area contributed by atoms with Crippen LogP contribution in [-0.4, -0.2) is 36.1 Å². The van der Waals surface area contributed by atoms with Crippen molar-refractivity contribution in [1.82, 2.24) is 4.90 Å². The molecule has 0 aromatic carbocycles. The molecule has 1 N–H and O–H groups in total. The smallest absolute Gasteiger partial charge is 0.310 e. The van der Waals surface area contributed by atoms with E-state index in [2.05, 4.69) is 11.9 Å². The highest BCUT2D eigenvalue weighted by Crippen LogP contribution is 2.41. The zero-order valence-electron chi connectivity index (χ0n) is 10.2. The van der Waals surface area contributed by atoms with Crippen molar-refractivity contribution in [2.45, 2.75) is 44.9 Å². The number of nitrogens with zero attached hydrogens (tertiary/aromatic N) is 1. The van der Waals surface area contributed by atoms with Crippen LogP contribution in [0.2, 0.25) is 0 Å². The second-order valence-corrected chi connectivity index (χ2v) is 5.76. The van der Waals surface area contributed by atoms with Gasteiger partial charge in [-0.3, -0.25) is 4.79 Å². The first-order chi connectivity index (χ1) is 7.62. The third-order valence-electron chi connectivity index (χ3n) is 4.48. The summed E-state index contributed by atoms with van der Waals surface area (Å²) < 4.78 is 0. The molecule has 2 aliphatic carbocycles. The van der Waals surface area contributed by atoms with Gasteiger partial charge >= 0.3 is 5.97 Å². The minimum Gasteiger partial charge on any atom is -0.481 e. The maximum atomic E-state index is 11.2. The third-order valence-corrected chi connectivity index (χ3v) is 4.48. The Bertz CT molecular complexity index is 257. The van der Waals surface area contributed by atoms with Crippen LogP contribution in [0.15, 0.2) is 0 Å². The largest absolute Gasteiger partial charge is 0.481 e. The molecule has 0 radical (unpaired) electrons. The number of carboxylic acid groups (broad SMARTS) is 1. The lowest BCUT2D eigenvalue weighted by Gasteiger charge is -2.41. The second kappa shape index (κ2) is 4.74. The first kappa shape index (κ1) is 11.9. The van der Waals surface area contributed by atoms with E-state index < -0.39 is 11.4 Å². The van der Waals surface area contributed by atoms with Gasteiger partial charge in [-0.25, -0.2) is 0 Å². The van der Waals surface area contributed by atoms with Crippen molar-refractivity contribution in [2.24, 2.45) is 11.3 Å². The number of hydrogen-bond donors (Lipinski definition) is 1. The minimum atomic E-state index is -0.589. The Morgan fingerprint density at radius 2 is 2.06 bits per heavy atom. The molecule has 2 rings (SSSR count). The molecule has 0 aromatic rings. The van der Waals surface area contributed by atoms with Crippen molar-refractivity contribution in [2.75, 3.05) is 20.1 Å². The average Bonchev–Trinajstić information content (AvgIpc) is 2.08. The second-order valence-electron chi connectivity index (χ2n) is 5.76. The van der Waals surface area contributed by atoms with Gasteiger partial charge in [0, 0.05) is 6.54 Å². The van der Waals surface area contributed by atoms with Crippen molar-refractivity contribution in [3.05, 3.63) is 0 Å². The van der Waals surface area contributed by atoms with Gasteiger partial charge in [-0.05, 0) is 38.8 Å². The molecule has 0 heterocycles.